The molecule has 1 heterocycles. The number of likely N-dealkylation sites (tertiary alicyclic amines) is 1. The van der Waals surface area contributed by atoms with Crippen molar-refractivity contribution in [2.75, 3.05) is 20.3 Å². The minimum Gasteiger partial charge on any atom is -0.493 e. The van der Waals surface area contributed by atoms with Gasteiger partial charge in [0.1, 0.15) is 12.8 Å². The first-order valence-electron chi connectivity index (χ1n) is 8.29. The first-order chi connectivity index (χ1) is 11.8. The van der Waals surface area contributed by atoms with E-state index in [-0.39, 0.29) is 48.8 Å². The van der Waals surface area contributed by atoms with E-state index in [9.17, 15) is 14.0 Å². The van der Waals surface area contributed by atoms with E-state index in [4.69, 9.17) is 14.6 Å². The predicted molar refractivity (Wildman–Crippen MR) is 89.9 cm³/mol. The van der Waals surface area contributed by atoms with Crippen LogP contribution in [-0.4, -0.2) is 54.4 Å². The van der Waals surface area contributed by atoms with Crippen molar-refractivity contribution in [2.45, 2.75) is 38.9 Å². The Labute approximate surface area is 146 Å². The first-order valence-corrected chi connectivity index (χ1v) is 8.29. The summed E-state index contributed by atoms with van der Waals surface area (Å²) in [4.78, 5) is 24.8. The highest BCUT2D eigenvalue weighted by Crippen LogP contribution is 2.30. The Morgan fingerprint density at radius 2 is 2.08 bits per heavy atom. The number of halogens is 1. The number of hydrogen-bond donors (Lipinski definition) is 1. The summed E-state index contributed by atoms with van der Waals surface area (Å²) in [5.41, 5.74) is 0.0858. The number of carboxylic acids is 1. The third-order valence-electron chi connectivity index (χ3n) is 4.11. The molecule has 7 heteroatoms. The van der Waals surface area contributed by atoms with Gasteiger partial charge in [0.05, 0.1) is 25.3 Å². The molecule has 25 heavy (non-hydrogen) atoms. The lowest BCUT2D eigenvalue weighted by Crippen LogP contribution is -2.39. The molecule has 2 rings (SSSR count). The van der Waals surface area contributed by atoms with Crippen LogP contribution in [-0.2, 0) is 4.79 Å². The lowest BCUT2D eigenvalue weighted by Gasteiger charge is -2.25. The maximum atomic E-state index is 13.8. The molecule has 0 radical (unpaired) electrons. The minimum atomic E-state index is -1.06. The van der Waals surface area contributed by atoms with Gasteiger partial charge < -0.3 is 19.5 Å². The molecule has 0 saturated carbocycles. The fraction of sp³-hybridized carbons (Fsp3) is 0.556. The van der Waals surface area contributed by atoms with Crippen LogP contribution in [0.2, 0.25) is 0 Å². The smallest absolute Gasteiger partial charge is 0.335 e. The van der Waals surface area contributed by atoms with Crippen molar-refractivity contribution in [3.8, 4) is 11.5 Å². The molecule has 1 fully saturated rings. The van der Waals surface area contributed by atoms with Gasteiger partial charge in [0, 0.05) is 12.8 Å². The number of carbonyl (C=O) groups excluding carboxylic acids is 1. The van der Waals surface area contributed by atoms with Crippen LogP contribution in [0.15, 0.2) is 18.2 Å². The molecule has 1 N–H and O–H groups in total. The summed E-state index contributed by atoms with van der Waals surface area (Å²) < 4.78 is 24.7. The lowest BCUT2D eigenvalue weighted by atomic mass is 10.1. The number of carboxylic acid groups (broad SMARTS) is 1. The molecule has 0 aliphatic carbocycles. The van der Waals surface area contributed by atoms with Gasteiger partial charge in [-0.25, -0.2) is 9.18 Å². The monoisotopic (exact) mass is 353 g/mol. The second-order valence-electron chi connectivity index (χ2n) is 6.61. The zero-order valence-electron chi connectivity index (χ0n) is 14.7. The highest BCUT2D eigenvalue weighted by Gasteiger charge is 2.35. The van der Waals surface area contributed by atoms with E-state index >= 15 is 0 Å². The van der Waals surface area contributed by atoms with Crippen molar-refractivity contribution >= 4 is 11.9 Å². The summed E-state index contributed by atoms with van der Waals surface area (Å²) in [5.74, 6) is -0.277. The second-order valence-corrected chi connectivity index (χ2v) is 6.61. The molecule has 0 aromatic heterocycles. The van der Waals surface area contributed by atoms with Crippen molar-refractivity contribution in [3.05, 3.63) is 23.8 Å². The normalized spacial score (nSPS) is 20.0. The number of carbonyl (C=O) groups is 2. The maximum absolute atomic E-state index is 13.8. The van der Waals surface area contributed by atoms with E-state index in [1.165, 1.54) is 25.3 Å². The molecule has 1 aliphatic heterocycles. The van der Waals surface area contributed by atoms with E-state index in [1.807, 2.05) is 13.8 Å². The van der Waals surface area contributed by atoms with Crippen LogP contribution >= 0.6 is 0 Å². The van der Waals surface area contributed by atoms with E-state index in [0.29, 0.717) is 12.2 Å². The molecular formula is C18H24FNO5. The molecule has 2 atom stereocenters. The first kappa shape index (κ1) is 19.0. The summed E-state index contributed by atoms with van der Waals surface area (Å²) in [7, 11) is 1.42. The summed E-state index contributed by atoms with van der Waals surface area (Å²) in [6, 6.07) is 3.94. The molecule has 1 aromatic rings. The molecule has 1 amide bonds. The van der Waals surface area contributed by atoms with Gasteiger partial charge in [0.15, 0.2) is 11.5 Å². The van der Waals surface area contributed by atoms with Gasteiger partial charge >= 0.3 is 5.97 Å². The largest absolute Gasteiger partial charge is 0.493 e. The van der Waals surface area contributed by atoms with Crippen LogP contribution in [0.4, 0.5) is 4.39 Å². The van der Waals surface area contributed by atoms with Gasteiger partial charge in [-0.1, -0.05) is 13.8 Å². The second kappa shape index (κ2) is 8.18. The van der Waals surface area contributed by atoms with Crippen LogP contribution < -0.4 is 9.47 Å². The SMILES string of the molecule is COc1cc(C(=O)O)ccc1OCC1CC(F)CN1C(=O)CC(C)C. The summed E-state index contributed by atoms with van der Waals surface area (Å²) in [5, 5.41) is 9.01. The molecule has 2 unspecified atom stereocenters. The average molecular weight is 353 g/mol. The van der Waals surface area contributed by atoms with Crippen molar-refractivity contribution in [1.82, 2.24) is 4.90 Å². The molecular weight excluding hydrogens is 329 g/mol. The fourth-order valence-corrected chi connectivity index (χ4v) is 2.90. The fourth-order valence-electron chi connectivity index (χ4n) is 2.90. The number of benzene rings is 1. The number of amides is 1. The standard InChI is InChI=1S/C18H24FNO5/c1-11(2)6-17(21)20-9-13(19)8-14(20)10-25-15-5-4-12(18(22)23)7-16(15)24-3/h4-5,7,11,13-14H,6,8-10H2,1-3H3,(H,22,23). The van der Waals surface area contributed by atoms with Crippen molar-refractivity contribution in [3.63, 3.8) is 0 Å². The van der Waals surface area contributed by atoms with Gasteiger partial charge in [-0.15, -0.1) is 0 Å². The molecule has 1 aromatic carbocycles. The van der Waals surface area contributed by atoms with E-state index < -0.39 is 12.1 Å². The number of methoxy groups -OCH3 is 1. The molecule has 0 spiro atoms. The van der Waals surface area contributed by atoms with Crippen molar-refractivity contribution in [1.29, 1.82) is 0 Å². The maximum Gasteiger partial charge on any atom is 0.335 e. The quantitative estimate of drug-likeness (QED) is 0.816. The molecule has 138 valence electrons. The van der Waals surface area contributed by atoms with E-state index in [0.717, 1.165) is 0 Å². The van der Waals surface area contributed by atoms with E-state index in [1.54, 1.807) is 4.90 Å². The van der Waals surface area contributed by atoms with Crippen LogP contribution in [0, 0.1) is 5.92 Å². The van der Waals surface area contributed by atoms with E-state index in [2.05, 4.69) is 0 Å². The molecule has 1 saturated heterocycles. The average Bonchev–Trinajstić information content (AvgIpc) is 2.93. The van der Waals surface area contributed by atoms with Gasteiger partial charge in [-0.2, -0.15) is 0 Å². The zero-order valence-corrected chi connectivity index (χ0v) is 14.7. The highest BCUT2D eigenvalue weighted by molar-refractivity contribution is 5.88. The summed E-state index contributed by atoms with van der Waals surface area (Å²) >= 11 is 0. The molecule has 0 bridgehead atoms. The van der Waals surface area contributed by atoms with Gasteiger partial charge in [0.2, 0.25) is 5.91 Å². The number of ether oxygens (including phenoxy) is 2. The van der Waals surface area contributed by atoms with Crippen molar-refractivity contribution in [2.24, 2.45) is 5.92 Å². The molecule has 1 aliphatic rings. The zero-order chi connectivity index (χ0) is 18.6. The summed E-state index contributed by atoms with van der Waals surface area (Å²) in [6.07, 6.45) is -0.444. The van der Waals surface area contributed by atoms with Crippen LogP contribution in [0.3, 0.4) is 0 Å². The molecule has 6 nitrogen and oxygen atoms in total. The van der Waals surface area contributed by atoms with Gasteiger partial charge in [-0.3, -0.25) is 4.79 Å². The van der Waals surface area contributed by atoms with Crippen molar-refractivity contribution < 1.29 is 28.6 Å². The number of aromatic carboxylic acids is 1. The van der Waals surface area contributed by atoms with Crippen LogP contribution in [0.25, 0.3) is 0 Å². The predicted octanol–water partition coefficient (Wildman–Crippen LogP) is 2.76. The Morgan fingerprint density at radius 3 is 2.68 bits per heavy atom. The number of hydrogen-bond acceptors (Lipinski definition) is 4. The Bertz CT molecular complexity index is 634. The summed E-state index contributed by atoms with van der Waals surface area (Å²) in [6.45, 7) is 4.12. The highest BCUT2D eigenvalue weighted by atomic mass is 19.1. The van der Waals surface area contributed by atoms with Crippen LogP contribution in [0.5, 0.6) is 11.5 Å². The Kier molecular flexibility index (Phi) is 6.22. The Balaban J connectivity index is 2.06. The number of rotatable bonds is 7. The lowest BCUT2D eigenvalue weighted by molar-refractivity contribution is -0.133. The minimum absolute atomic E-state index is 0.0723. The Morgan fingerprint density at radius 1 is 1.36 bits per heavy atom. The van der Waals surface area contributed by atoms with Gasteiger partial charge in [-0.05, 0) is 24.1 Å². The third kappa shape index (κ3) is 4.84. The van der Waals surface area contributed by atoms with Gasteiger partial charge in [0.25, 0.3) is 0 Å². The number of nitrogens with zero attached hydrogens (tertiary/aromatic N) is 1. The Hall–Kier alpha value is -2.31. The van der Waals surface area contributed by atoms with Crippen LogP contribution in [0.1, 0.15) is 37.0 Å². The third-order valence-corrected chi connectivity index (χ3v) is 4.11. The topological polar surface area (TPSA) is 76.1 Å². The number of alkyl halides is 1.